The van der Waals surface area contributed by atoms with E-state index in [4.69, 9.17) is 16.0 Å². The summed E-state index contributed by atoms with van der Waals surface area (Å²) in [6.45, 7) is 2.01. The number of thiophene rings is 1. The highest BCUT2D eigenvalue weighted by Crippen LogP contribution is 2.22. The fourth-order valence-corrected chi connectivity index (χ4v) is 2.91. The Balaban J connectivity index is 1.64. The summed E-state index contributed by atoms with van der Waals surface area (Å²) < 4.78 is 6.25. The molecule has 0 aliphatic heterocycles. The Bertz CT molecular complexity index is 915. The van der Waals surface area contributed by atoms with Crippen LogP contribution in [0.25, 0.3) is 10.8 Å². The molecule has 0 spiro atoms. The summed E-state index contributed by atoms with van der Waals surface area (Å²) in [5, 5.41) is 9.31. The van der Waals surface area contributed by atoms with Crippen LogP contribution in [-0.2, 0) is 11.3 Å². The molecule has 0 aliphatic carbocycles. The number of benzene rings is 1. The maximum atomic E-state index is 12.1. The van der Waals surface area contributed by atoms with E-state index in [0.29, 0.717) is 10.7 Å². The second-order valence-electron chi connectivity index (χ2n) is 5.13. The van der Waals surface area contributed by atoms with Crippen molar-refractivity contribution in [2.24, 2.45) is 0 Å². The summed E-state index contributed by atoms with van der Waals surface area (Å²) in [7, 11) is 0. The van der Waals surface area contributed by atoms with Crippen molar-refractivity contribution in [1.82, 2.24) is 9.78 Å². The molecule has 3 rings (SSSR count). The fourth-order valence-electron chi connectivity index (χ4n) is 2.10. The smallest absolute Gasteiger partial charge is 0.387 e. The van der Waals surface area contributed by atoms with E-state index < -0.39 is 5.76 Å². The van der Waals surface area contributed by atoms with Gasteiger partial charge in [-0.05, 0) is 36.1 Å². The number of aryl methyl sites for hydroxylation is 2. The number of halogens is 1. The van der Waals surface area contributed by atoms with Gasteiger partial charge in [-0.3, -0.25) is 4.79 Å². The molecule has 2 heterocycles. The van der Waals surface area contributed by atoms with Gasteiger partial charge in [0.2, 0.25) is 5.91 Å². The number of hydrogen-bond acceptors (Lipinski definition) is 5. The van der Waals surface area contributed by atoms with Crippen molar-refractivity contribution < 1.29 is 9.21 Å². The molecular formula is C16H14ClN3O3S. The van der Waals surface area contributed by atoms with Crippen molar-refractivity contribution in [3.63, 3.8) is 0 Å². The molecule has 2 aromatic heterocycles. The third kappa shape index (κ3) is 3.74. The lowest BCUT2D eigenvalue weighted by atomic mass is 10.2. The maximum Gasteiger partial charge on any atom is 0.437 e. The number of carbonyl (C=O) groups excluding carboxylic acids is 1. The highest BCUT2D eigenvalue weighted by Gasteiger charge is 2.13. The molecule has 6 nitrogen and oxygen atoms in total. The van der Waals surface area contributed by atoms with E-state index in [9.17, 15) is 9.59 Å². The minimum Gasteiger partial charge on any atom is -0.387 e. The van der Waals surface area contributed by atoms with Crippen LogP contribution in [0.15, 0.2) is 44.9 Å². The number of nitrogens with zero attached hydrogens (tertiary/aromatic N) is 2. The van der Waals surface area contributed by atoms with Crippen molar-refractivity contribution >= 4 is 34.5 Å². The van der Waals surface area contributed by atoms with Crippen LogP contribution in [0.2, 0.25) is 5.02 Å². The minimum absolute atomic E-state index is 0.0995. The van der Waals surface area contributed by atoms with Gasteiger partial charge in [0, 0.05) is 17.1 Å². The Kier molecular flexibility index (Phi) is 4.82. The Morgan fingerprint density at radius 2 is 2.25 bits per heavy atom. The number of anilines is 1. The van der Waals surface area contributed by atoms with E-state index in [1.807, 2.05) is 30.5 Å². The van der Waals surface area contributed by atoms with Gasteiger partial charge in [0.1, 0.15) is 0 Å². The Morgan fingerprint density at radius 3 is 3.00 bits per heavy atom. The first-order valence-electron chi connectivity index (χ1n) is 7.21. The molecule has 1 N–H and O–H groups in total. The normalized spacial score (nSPS) is 10.8. The summed E-state index contributed by atoms with van der Waals surface area (Å²) in [6.07, 6.45) is 0.0995. The molecule has 3 aromatic rings. The van der Waals surface area contributed by atoms with E-state index in [1.54, 1.807) is 12.1 Å². The number of aromatic nitrogens is 2. The van der Waals surface area contributed by atoms with Crippen LogP contribution in [0, 0.1) is 6.92 Å². The van der Waals surface area contributed by atoms with Gasteiger partial charge in [-0.2, -0.15) is 4.68 Å². The van der Waals surface area contributed by atoms with Crippen molar-refractivity contribution in [3.05, 3.63) is 56.8 Å². The zero-order valence-corrected chi connectivity index (χ0v) is 14.4. The monoisotopic (exact) mass is 363 g/mol. The molecule has 0 radical (unpaired) electrons. The largest absolute Gasteiger partial charge is 0.437 e. The van der Waals surface area contributed by atoms with Crippen LogP contribution < -0.4 is 11.1 Å². The lowest BCUT2D eigenvalue weighted by molar-refractivity contribution is -0.116. The maximum absolute atomic E-state index is 12.1. The number of nitrogens with one attached hydrogen (secondary N) is 1. The third-order valence-corrected chi connectivity index (χ3v) is 4.46. The first-order valence-corrected chi connectivity index (χ1v) is 8.46. The van der Waals surface area contributed by atoms with Gasteiger partial charge >= 0.3 is 5.76 Å². The van der Waals surface area contributed by atoms with Crippen LogP contribution in [-0.4, -0.2) is 15.7 Å². The van der Waals surface area contributed by atoms with Crippen molar-refractivity contribution in [2.45, 2.75) is 19.9 Å². The molecule has 1 amide bonds. The summed E-state index contributed by atoms with van der Waals surface area (Å²) in [5.41, 5.74) is 1.56. The Hall–Kier alpha value is -2.38. The van der Waals surface area contributed by atoms with Crippen molar-refractivity contribution in [3.8, 4) is 10.8 Å². The predicted molar refractivity (Wildman–Crippen MR) is 93.5 cm³/mol. The Morgan fingerprint density at radius 1 is 1.42 bits per heavy atom. The van der Waals surface area contributed by atoms with Crippen LogP contribution in [0.5, 0.6) is 0 Å². The first kappa shape index (κ1) is 16.5. The summed E-state index contributed by atoms with van der Waals surface area (Å²) in [6, 6.07) is 8.93. The topological polar surface area (TPSA) is 77.1 Å². The molecule has 0 saturated carbocycles. The number of carbonyl (C=O) groups is 1. The van der Waals surface area contributed by atoms with Gasteiger partial charge in [-0.1, -0.05) is 23.7 Å². The lowest BCUT2D eigenvalue weighted by Crippen LogP contribution is -2.21. The number of rotatable bonds is 5. The lowest BCUT2D eigenvalue weighted by Gasteiger charge is -2.08. The fraction of sp³-hybridized carbons (Fsp3) is 0.188. The molecular weight excluding hydrogens is 350 g/mol. The molecule has 0 bridgehead atoms. The molecule has 0 unspecified atom stereocenters. The number of hydrogen-bond donors (Lipinski definition) is 1. The van der Waals surface area contributed by atoms with Crippen LogP contribution in [0.1, 0.15) is 12.0 Å². The van der Waals surface area contributed by atoms with E-state index >= 15 is 0 Å². The van der Waals surface area contributed by atoms with E-state index in [0.717, 1.165) is 15.1 Å². The van der Waals surface area contributed by atoms with Gasteiger partial charge in [0.25, 0.3) is 5.89 Å². The van der Waals surface area contributed by atoms with Crippen LogP contribution in [0.3, 0.4) is 0 Å². The second kappa shape index (κ2) is 7.02. The molecule has 0 saturated heterocycles. The number of amides is 1. The average molecular weight is 364 g/mol. The van der Waals surface area contributed by atoms with Crippen LogP contribution in [0.4, 0.5) is 5.69 Å². The summed E-state index contributed by atoms with van der Waals surface area (Å²) >= 11 is 7.35. The van der Waals surface area contributed by atoms with Gasteiger partial charge < -0.3 is 9.73 Å². The molecule has 8 heteroatoms. The third-order valence-electron chi connectivity index (χ3n) is 3.36. The molecule has 1 aromatic carbocycles. The van der Waals surface area contributed by atoms with E-state index in [2.05, 4.69) is 10.4 Å². The molecule has 0 fully saturated rings. The van der Waals surface area contributed by atoms with Gasteiger partial charge in [-0.15, -0.1) is 16.4 Å². The van der Waals surface area contributed by atoms with Gasteiger partial charge in [-0.25, -0.2) is 4.79 Å². The second-order valence-corrected chi connectivity index (χ2v) is 6.52. The van der Waals surface area contributed by atoms with E-state index in [-0.39, 0.29) is 24.8 Å². The summed E-state index contributed by atoms with van der Waals surface area (Å²) in [5.74, 6) is -0.542. The molecule has 124 valence electrons. The zero-order chi connectivity index (χ0) is 17.1. The van der Waals surface area contributed by atoms with Crippen molar-refractivity contribution in [2.75, 3.05) is 5.32 Å². The van der Waals surface area contributed by atoms with Gasteiger partial charge in [0.05, 0.1) is 11.4 Å². The van der Waals surface area contributed by atoms with Gasteiger partial charge in [0.15, 0.2) is 0 Å². The highest BCUT2D eigenvalue weighted by atomic mass is 35.5. The molecule has 24 heavy (non-hydrogen) atoms. The van der Waals surface area contributed by atoms with Crippen LogP contribution >= 0.6 is 22.9 Å². The minimum atomic E-state index is -0.579. The SMILES string of the molecule is Cc1ccc(Cl)cc1NC(=O)CCn1nc(-c2cccs2)oc1=O. The molecule has 0 atom stereocenters. The highest BCUT2D eigenvalue weighted by molar-refractivity contribution is 7.13. The standard InChI is InChI=1S/C16H14ClN3O3S/c1-10-4-5-11(17)9-12(10)18-14(21)6-7-20-16(22)23-15(19-20)13-3-2-8-24-13/h2-5,8-9H,6-7H2,1H3,(H,18,21). The molecule has 0 aliphatic rings. The quantitative estimate of drug-likeness (QED) is 0.751. The van der Waals surface area contributed by atoms with Crippen molar-refractivity contribution in [1.29, 1.82) is 0 Å². The predicted octanol–water partition coefficient (Wildman–Crippen LogP) is 3.56. The zero-order valence-electron chi connectivity index (χ0n) is 12.8. The summed E-state index contributed by atoms with van der Waals surface area (Å²) in [4.78, 5) is 24.6. The average Bonchev–Trinajstić information content (AvgIpc) is 3.18. The van der Waals surface area contributed by atoms with E-state index in [1.165, 1.54) is 11.3 Å². The Labute approximate surface area is 146 Å². The first-order chi connectivity index (χ1) is 11.5.